The van der Waals surface area contributed by atoms with Crippen LogP contribution in [0, 0.1) is 20.8 Å². The van der Waals surface area contributed by atoms with Crippen LogP contribution >= 0.6 is 0 Å². The zero-order valence-electron chi connectivity index (χ0n) is 21.4. The number of carbonyl (C=O) groups excluding carboxylic acids is 2. The van der Waals surface area contributed by atoms with Crippen LogP contribution in [0.1, 0.15) is 54.2 Å². The fourth-order valence-corrected chi connectivity index (χ4v) is 4.19. The van der Waals surface area contributed by atoms with Crippen LogP contribution in [-0.2, 0) is 13.0 Å². The normalized spacial score (nSPS) is 10.7. The maximum Gasteiger partial charge on any atom is 0.255 e. The smallest absolute Gasteiger partial charge is 0.255 e. The Bertz CT molecular complexity index is 1420. The van der Waals surface area contributed by atoms with Crippen molar-refractivity contribution in [2.45, 2.75) is 33.7 Å². The number of methoxy groups -OCH3 is 1. The Hall–Kier alpha value is -4.59. The molecule has 0 atom stereocenters. The number of amides is 2. The number of nitrogens with one attached hydrogen (secondary N) is 3. The summed E-state index contributed by atoms with van der Waals surface area (Å²) in [5.41, 5.74) is 13.6. The minimum Gasteiger partial charge on any atom is -0.497 e. The van der Waals surface area contributed by atoms with E-state index >= 15 is 0 Å². The number of aromatic amines is 1. The third kappa shape index (κ3) is 5.98. The van der Waals surface area contributed by atoms with Crippen molar-refractivity contribution < 1.29 is 14.3 Å². The zero-order chi connectivity index (χ0) is 26.5. The molecule has 8 heteroatoms. The second-order valence-electron chi connectivity index (χ2n) is 9.06. The van der Waals surface area contributed by atoms with Crippen molar-refractivity contribution in [2.75, 3.05) is 17.7 Å². The van der Waals surface area contributed by atoms with Gasteiger partial charge in [0.25, 0.3) is 11.8 Å². The molecule has 0 saturated heterocycles. The number of hydrogen-bond donors (Lipinski definition) is 4. The molecule has 0 aliphatic heterocycles. The molecule has 2 amide bonds. The van der Waals surface area contributed by atoms with Crippen LogP contribution in [0.3, 0.4) is 0 Å². The Kier molecular flexibility index (Phi) is 7.57. The molecule has 1 heterocycles. The molecule has 37 heavy (non-hydrogen) atoms. The topological polar surface area (TPSA) is 122 Å². The molecule has 0 fully saturated rings. The first kappa shape index (κ1) is 25.5. The Balaban J connectivity index is 1.44. The molecule has 4 aromatic rings. The third-order valence-corrected chi connectivity index (χ3v) is 6.46. The standard InChI is InChI=1S/C29H31N5O3/c1-17-12-21(13-18(2)19(17)3)16-31-28-26(27(30)35)25(33-34-28)14-20-8-10-23(11-9-20)32-29(36)22-6-5-7-24(15-22)37-4/h5-13,15H,14,16H2,1-4H3,(H2,30,35)(H,32,36)(H2,31,33,34). The molecule has 0 bridgehead atoms. The molecular formula is C29H31N5O3. The van der Waals surface area contributed by atoms with Crippen molar-refractivity contribution >= 4 is 23.3 Å². The number of rotatable bonds is 9. The van der Waals surface area contributed by atoms with E-state index in [1.54, 1.807) is 31.4 Å². The van der Waals surface area contributed by atoms with Crippen LogP contribution in [-0.4, -0.2) is 29.1 Å². The van der Waals surface area contributed by atoms with Gasteiger partial charge in [-0.1, -0.05) is 30.3 Å². The number of hydrogen-bond acceptors (Lipinski definition) is 5. The van der Waals surface area contributed by atoms with Crippen LogP contribution in [0.15, 0.2) is 60.7 Å². The average Bonchev–Trinajstić information content (AvgIpc) is 3.29. The molecule has 5 N–H and O–H groups in total. The van der Waals surface area contributed by atoms with Crippen molar-refractivity contribution in [1.29, 1.82) is 0 Å². The van der Waals surface area contributed by atoms with Gasteiger partial charge >= 0.3 is 0 Å². The first-order chi connectivity index (χ1) is 17.7. The lowest BCUT2D eigenvalue weighted by Crippen LogP contribution is -2.15. The Morgan fingerprint density at radius 3 is 2.32 bits per heavy atom. The lowest BCUT2D eigenvalue weighted by atomic mass is 10.0. The van der Waals surface area contributed by atoms with E-state index in [0.717, 1.165) is 11.1 Å². The van der Waals surface area contributed by atoms with Crippen molar-refractivity contribution in [2.24, 2.45) is 5.73 Å². The third-order valence-electron chi connectivity index (χ3n) is 6.46. The van der Waals surface area contributed by atoms with Crippen molar-refractivity contribution in [3.8, 4) is 5.75 Å². The number of nitrogens with zero attached hydrogens (tertiary/aromatic N) is 1. The predicted octanol–water partition coefficient (Wildman–Crippen LogP) is 4.90. The van der Waals surface area contributed by atoms with Gasteiger partial charge in [0.15, 0.2) is 5.82 Å². The monoisotopic (exact) mass is 497 g/mol. The summed E-state index contributed by atoms with van der Waals surface area (Å²) in [6, 6.07) is 18.6. The van der Waals surface area contributed by atoms with Gasteiger partial charge in [0.05, 0.1) is 12.8 Å². The number of ether oxygens (including phenoxy) is 1. The highest BCUT2D eigenvalue weighted by Gasteiger charge is 2.19. The highest BCUT2D eigenvalue weighted by atomic mass is 16.5. The van der Waals surface area contributed by atoms with Crippen LogP contribution in [0.4, 0.5) is 11.5 Å². The van der Waals surface area contributed by atoms with Gasteiger partial charge < -0.3 is 21.1 Å². The summed E-state index contributed by atoms with van der Waals surface area (Å²) in [4.78, 5) is 24.8. The van der Waals surface area contributed by atoms with Gasteiger partial charge in [-0.3, -0.25) is 14.7 Å². The van der Waals surface area contributed by atoms with Gasteiger partial charge in [-0.2, -0.15) is 5.10 Å². The summed E-state index contributed by atoms with van der Waals surface area (Å²) in [7, 11) is 1.56. The number of carbonyl (C=O) groups is 2. The highest BCUT2D eigenvalue weighted by Crippen LogP contribution is 2.23. The quantitative estimate of drug-likeness (QED) is 0.262. The molecule has 0 spiro atoms. The number of primary amides is 1. The summed E-state index contributed by atoms with van der Waals surface area (Å²) in [5.74, 6) is 0.266. The van der Waals surface area contributed by atoms with Crippen molar-refractivity contribution in [3.05, 3.63) is 105 Å². The van der Waals surface area contributed by atoms with E-state index in [9.17, 15) is 9.59 Å². The summed E-state index contributed by atoms with van der Waals surface area (Å²) < 4.78 is 5.18. The van der Waals surface area contributed by atoms with E-state index in [2.05, 4.69) is 53.7 Å². The molecule has 4 rings (SSSR count). The van der Waals surface area contributed by atoms with Gasteiger partial charge in [-0.15, -0.1) is 0 Å². The van der Waals surface area contributed by atoms with Crippen LogP contribution in [0.5, 0.6) is 5.75 Å². The number of aromatic nitrogens is 2. The summed E-state index contributed by atoms with van der Waals surface area (Å²) in [6.45, 7) is 6.80. The highest BCUT2D eigenvalue weighted by molar-refractivity contribution is 6.04. The van der Waals surface area contributed by atoms with Gasteiger partial charge in [0, 0.05) is 24.2 Å². The number of anilines is 2. The number of H-pyrrole nitrogens is 1. The molecule has 1 aromatic heterocycles. The molecule has 190 valence electrons. The maximum atomic E-state index is 12.6. The molecule has 3 aromatic carbocycles. The Morgan fingerprint density at radius 1 is 0.973 bits per heavy atom. The van der Waals surface area contributed by atoms with E-state index in [1.807, 2.05) is 24.3 Å². The summed E-state index contributed by atoms with van der Waals surface area (Å²) in [5, 5.41) is 13.4. The zero-order valence-corrected chi connectivity index (χ0v) is 21.4. The molecule has 0 unspecified atom stereocenters. The molecular weight excluding hydrogens is 466 g/mol. The van der Waals surface area contributed by atoms with Crippen LogP contribution < -0.4 is 21.1 Å². The van der Waals surface area contributed by atoms with Crippen molar-refractivity contribution in [3.63, 3.8) is 0 Å². The summed E-state index contributed by atoms with van der Waals surface area (Å²) >= 11 is 0. The second-order valence-corrected chi connectivity index (χ2v) is 9.06. The van der Waals surface area contributed by atoms with Crippen molar-refractivity contribution in [1.82, 2.24) is 10.2 Å². The maximum absolute atomic E-state index is 12.6. The molecule has 0 saturated carbocycles. The van der Waals surface area contributed by atoms with E-state index in [4.69, 9.17) is 10.5 Å². The lowest BCUT2D eigenvalue weighted by molar-refractivity contribution is 0.0997. The number of aryl methyl sites for hydroxylation is 2. The Labute approximate surface area is 216 Å². The van der Waals surface area contributed by atoms with Gasteiger partial charge in [0.2, 0.25) is 0 Å². The van der Waals surface area contributed by atoms with E-state index in [0.29, 0.717) is 47.0 Å². The molecule has 0 aliphatic rings. The average molecular weight is 498 g/mol. The first-order valence-electron chi connectivity index (χ1n) is 12.0. The lowest BCUT2D eigenvalue weighted by Gasteiger charge is -2.10. The van der Waals surface area contributed by atoms with E-state index < -0.39 is 5.91 Å². The molecule has 0 aliphatic carbocycles. The predicted molar refractivity (Wildman–Crippen MR) is 145 cm³/mol. The fourth-order valence-electron chi connectivity index (χ4n) is 4.19. The molecule has 8 nitrogen and oxygen atoms in total. The number of nitrogens with two attached hydrogens (primary N) is 1. The molecule has 0 radical (unpaired) electrons. The van der Waals surface area contributed by atoms with Gasteiger partial charge in [-0.05, 0) is 78.9 Å². The van der Waals surface area contributed by atoms with E-state index in [-0.39, 0.29) is 5.91 Å². The second kappa shape index (κ2) is 11.0. The number of benzene rings is 3. The minimum atomic E-state index is -0.551. The SMILES string of the molecule is COc1cccc(C(=O)Nc2ccc(Cc3[nH]nc(NCc4cc(C)c(C)c(C)c4)c3C(N)=O)cc2)c1. The fraction of sp³-hybridized carbons (Fsp3) is 0.207. The van der Waals surface area contributed by atoms with Crippen LogP contribution in [0.25, 0.3) is 0 Å². The Morgan fingerprint density at radius 2 is 1.68 bits per heavy atom. The van der Waals surface area contributed by atoms with Gasteiger partial charge in [-0.25, -0.2) is 0 Å². The summed E-state index contributed by atoms with van der Waals surface area (Å²) in [6.07, 6.45) is 0.430. The minimum absolute atomic E-state index is 0.231. The van der Waals surface area contributed by atoms with Crippen LogP contribution in [0.2, 0.25) is 0 Å². The first-order valence-corrected chi connectivity index (χ1v) is 12.0. The largest absolute Gasteiger partial charge is 0.497 e. The van der Waals surface area contributed by atoms with E-state index in [1.165, 1.54) is 16.7 Å². The van der Waals surface area contributed by atoms with Gasteiger partial charge in [0.1, 0.15) is 11.3 Å².